The molecule has 0 aromatic heterocycles. The Bertz CT molecular complexity index is 375. The first kappa shape index (κ1) is 14.8. The fourth-order valence-electron chi connectivity index (χ4n) is 2.41. The average molecular weight is 243 g/mol. The number of hydrogen-bond donors (Lipinski definition) is 0. The van der Waals surface area contributed by atoms with Gasteiger partial charge in [0.15, 0.2) is 0 Å². The highest BCUT2D eigenvalue weighted by Gasteiger charge is 2.09. The second-order valence-corrected chi connectivity index (χ2v) is 5.16. The molecule has 0 spiro atoms. The second-order valence-electron chi connectivity index (χ2n) is 5.16. The van der Waals surface area contributed by atoms with E-state index < -0.39 is 0 Å². The maximum Gasteiger partial charge on any atom is 0.0994 e. The summed E-state index contributed by atoms with van der Waals surface area (Å²) in [7, 11) is 0. The summed E-state index contributed by atoms with van der Waals surface area (Å²) in [6.07, 6.45) is 9.23. The van der Waals surface area contributed by atoms with Crippen LogP contribution < -0.4 is 0 Å². The molecular weight excluding hydrogens is 218 g/mol. The van der Waals surface area contributed by atoms with Gasteiger partial charge >= 0.3 is 0 Å². The first-order valence-corrected chi connectivity index (χ1v) is 7.28. The molecule has 0 heterocycles. The van der Waals surface area contributed by atoms with Crippen LogP contribution in [0.2, 0.25) is 0 Å². The van der Waals surface area contributed by atoms with Crippen LogP contribution in [-0.2, 0) is 0 Å². The summed E-state index contributed by atoms with van der Waals surface area (Å²) in [6, 6.07) is 10.3. The molecule has 0 amide bonds. The molecule has 0 radical (unpaired) electrons. The van der Waals surface area contributed by atoms with E-state index >= 15 is 0 Å². The van der Waals surface area contributed by atoms with Gasteiger partial charge in [-0.05, 0) is 24.0 Å². The third-order valence-electron chi connectivity index (χ3n) is 3.60. The van der Waals surface area contributed by atoms with E-state index in [0.717, 1.165) is 5.56 Å². The Morgan fingerprint density at radius 3 is 2.44 bits per heavy atom. The molecule has 98 valence electrons. The van der Waals surface area contributed by atoms with E-state index in [2.05, 4.69) is 26.0 Å². The van der Waals surface area contributed by atoms with Gasteiger partial charge in [0, 0.05) is 0 Å². The lowest BCUT2D eigenvalue weighted by atomic mass is 9.91. The monoisotopic (exact) mass is 243 g/mol. The number of nitrogens with zero attached hydrogens (tertiary/aromatic N) is 1. The summed E-state index contributed by atoms with van der Waals surface area (Å²) in [5.41, 5.74) is 2.06. The Labute approximate surface area is 112 Å². The molecule has 1 atom stereocenters. The maximum atomic E-state index is 9.09. The largest absolute Gasteiger partial charge is 0.192 e. The second kappa shape index (κ2) is 8.75. The minimum Gasteiger partial charge on any atom is -0.192 e. The van der Waals surface area contributed by atoms with Crippen LogP contribution in [0.3, 0.4) is 0 Å². The molecule has 0 N–H and O–H groups in total. The van der Waals surface area contributed by atoms with Crippen molar-refractivity contribution in [2.75, 3.05) is 0 Å². The Morgan fingerprint density at radius 1 is 1.06 bits per heavy atom. The first-order valence-electron chi connectivity index (χ1n) is 7.28. The van der Waals surface area contributed by atoms with Gasteiger partial charge in [-0.3, -0.25) is 0 Å². The van der Waals surface area contributed by atoms with Gasteiger partial charge in [-0.1, -0.05) is 70.6 Å². The van der Waals surface area contributed by atoms with Gasteiger partial charge in [0.2, 0.25) is 0 Å². The van der Waals surface area contributed by atoms with E-state index in [-0.39, 0.29) is 0 Å². The summed E-state index contributed by atoms with van der Waals surface area (Å²) in [5.74, 6) is 0.507. The molecule has 0 fully saturated rings. The highest BCUT2D eigenvalue weighted by atomic mass is 14.3. The van der Waals surface area contributed by atoms with Gasteiger partial charge < -0.3 is 0 Å². The van der Waals surface area contributed by atoms with E-state index in [4.69, 9.17) is 5.26 Å². The third kappa shape index (κ3) is 4.92. The normalized spacial score (nSPS) is 12.1. The van der Waals surface area contributed by atoms with Crippen molar-refractivity contribution >= 4 is 0 Å². The molecule has 1 nitrogen and oxygen atoms in total. The van der Waals surface area contributed by atoms with E-state index in [1.54, 1.807) is 0 Å². The summed E-state index contributed by atoms with van der Waals surface area (Å²) < 4.78 is 0. The molecule has 1 rings (SSSR count). The average Bonchev–Trinajstić information content (AvgIpc) is 2.42. The minimum absolute atomic E-state index is 0.507. The fraction of sp³-hybridized carbons (Fsp3) is 0.588. The van der Waals surface area contributed by atoms with Gasteiger partial charge in [0.1, 0.15) is 0 Å². The SMILES string of the molecule is CCCCCCCCC(C)c1ccccc1C#N. The Kier molecular flexibility index (Phi) is 7.18. The summed E-state index contributed by atoms with van der Waals surface area (Å²) >= 11 is 0. The molecule has 0 aliphatic heterocycles. The van der Waals surface area contributed by atoms with E-state index in [9.17, 15) is 0 Å². The predicted molar refractivity (Wildman–Crippen MR) is 77.6 cm³/mol. The molecule has 1 unspecified atom stereocenters. The van der Waals surface area contributed by atoms with Gasteiger partial charge in [-0.15, -0.1) is 0 Å². The van der Waals surface area contributed by atoms with E-state index in [0.29, 0.717) is 5.92 Å². The van der Waals surface area contributed by atoms with Crippen LogP contribution in [0.4, 0.5) is 0 Å². The zero-order valence-corrected chi connectivity index (χ0v) is 11.8. The van der Waals surface area contributed by atoms with E-state index in [1.165, 1.54) is 50.5 Å². The molecule has 1 heteroatoms. The smallest absolute Gasteiger partial charge is 0.0994 e. The van der Waals surface area contributed by atoms with Gasteiger partial charge in [-0.25, -0.2) is 0 Å². The van der Waals surface area contributed by atoms with Crippen LogP contribution in [0, 0.1) is 11.3 Å². The zero-order chi connectivity index (χ0) is 13.2. The fourth-order valence-corrected chi connectivity index (χ4v) is 2.41. The Hall–Kier alpha value is -1.29. The van der Waals surface area contributed by atoms with Crippen LogP contribution in [0.1, 0.15) is 75.8 Å². The summed E-state index contributed by atoms with van der Waals surface area (Å²) in [4.78, 5) is 0. The van der Waals surface area contributed by atoms with Crippen molar-refractivity contribution in [3.05, 3.63) is 35.4 Å². The summed E-state index contributed by atoms with van der Waals surface area (Å²) in [5, 5.41) is 9.09. The van der Waals surface area contributed by atoms with Crippen molar-refractivity contribution < 1.29 is 0 Å². The molecule has 0 aliphatic carbocycles. The molecule has 0 saturated heterocycles. The molecule has 1 aromatic rings. The van der Waals surface area contributed by atoms with E-state index in [1.807, 2.05) is 18.2 Å². The number of unbranched alkanes of at least 4 members (excludes halogenated alkanes) is 5. The molecule has 1 aromatic carbocycles. The van der Waals surface area contributed by atoms with Crippen molar-refractivity contribution in [1.29, 1.82) is 5.26 Å². The number of hydrogen-bond acceptors (Lipinski definition) is 1. The standard InChI is InChI=1S/C17H25N/c1-3-4-5-6-7-8-11-15(2)17-13-10-9-12-16(17)14-18/h9-10,12-13,15H,3-8,11H2,1-2H3. The summed E-state index contributed by atoms with van der Waals surface area (Å²) in [6.45, 7) is 4.49. The van der Waals surface area contributed by atoms with Crippen molar-refractivity contribution in [2.45, 2.75) is 64.7 Å². The number of benzene rings is 1. The van der Waals surface area contributed by atoms with Crippen LogP contribution in [0.5, 0.6) is 0 Å². The van der Waals surface area contributed by atoms with Crippen LogP contribution >= 0.6 is 0 Å². The van der Waals surface area contributed by atoms with Gasteiger partial charge in [-0.2, -0.15) is 5.26 Å². The lowest BCUT2D eigenvalue weighted by Crippen LogP contribution is -1.97. The van der Waals surface area contributed by atoms with Crippen LogP contribution in [-0.4, -0.2) is 0 Å². The van der Waals surface area contributed by atoms with Crippen molar-refractivity contribution in [3.63, 3.8) is 0 Å². The zero-order valence-electron chi connectivity index (χ0n) is 11.8. The van der Waals surface area contributed by atoms with Crippen molar-refractivity contribution in [3.8, 4) is 6.07 Å². The molecule has 18 heavy (non-hydrogen) atoms. The van der Waals surface area contributed by atoms with Crippen LogP contribution in [0.25, 0.3) is 0 Å². The van der Waals surface area contributed by atoms with Crippen LogP contribution in [0.15, 0.2) is 24.3 Å². The van der Waals surface area contributed by atoms with Crippen molar-refractivity contribution in [1.82, 2.24) is 0 Å². The topological polar surface area (TPSA) is 23.8 Å². The molecule has 0 bridgehead atoms. The molecular formula is C17H25N. The number of nitriles is 1. The predicted octanol–water partition coefficient (Wildman–Crippen LogP) is 5.41. The molecule has 0 aliphatic rings. The lowest BCUT2D eigenvalue weighted by molar-refractivity contribution is 0.556. The minimum atomic E-state index is 0.507. The first-order chi connectivity index (χ1) is 8.79. The van der Waals surface area contributed by atoms with Gasteiger partial charge in [0.05, 0.1) is 11.6 Å². The molecule has 0 saturated carbocycles. The Morgan fingerprint density at radius 2 is 1.72 bits per heavy atom. The Balaban J connectivity index is 2.32. The van der Waals surface area contributed by atoms with Crippen molar-refractivity contribution in [2.24, 2.45) is 0 Å². The highest BCUT2D eigenvalue weighted by Crippen LogP contribution is 2.24. The maximum absolute atomic E-state index is 9.09. The lowest BCUT2D eigenvalue weighted by Gasteiger charge is -2.13. The highest BCUT2D eigenvalue weighted by molar-refractivity contribution is 5.39. The third-order valence-corrected chi connectivity index (χ3v) is 3.60. The van der Waals surface area contributed by atoms with Gasteiger partial charge in [0.25, 0.3) is 0 Å². The quantitative estimate of drug-likeness (QED) is 0.560. The number of rotatable bonds is 8.